The third kappa shape index (κ3) is 3.86. The maximum Gasteiger partial charge on any atom is 0.0642 e. The van der Waals surface area contributed by atoms with Gasteiger partial charge in [0.05, 0.1) is 5.04 Å². The van der Waals surface area contributed by atoms with Crippen LogP contribution in [0.2, 0.25) is 0 Å². The molecular formula is C5H11NS. The molecule has 0 aliphatic carbocycles. The van der Waals surface area contributed by atoms with Gasteiger partial charge in [0.15, 0.2) is 0 Å². The van der Waals surface area contributed by atoms with E-state index in [1.807, 2.05) is 20.1 Å². The maximum absolute atomic E-state index is 4.12. The van der Waals surface area contributed by atoms with Crippen molar-refractivity contribution < 1.29 is 0 Å². The average molecular weight is 117 g/mol. The fraction of sp³-hybridized carbons (Fsp3) is 0.800. The number of thioether (sulfide) groups is 1. The van der Waals surface area contributed by atoms with Gasteiger partial charge in [-0.2, -0.15) is 0 Å². The highest BCUT2D eigenvalue weighted by Gasteiger charge is 1.78. The quantitative estimate of drug-likeness (QED) is 0.377. The molecule has 0 aromatic heterocycles. The summed E-state index contributed by atoms with van der Waals surface area (Å²) in [6.45, 7) is 4.97. The molecule has 0 spiro atoms. The van der Waals surface area contributed by atoms with Crippen LogP contribution >= 0.6 is 11.8 Å². The molecule has 0 amide bonds. The number of hydrogen-bond donors (Lipinski definition) is 0. The average Bonchev–Trinajstić information content (AvgIpc) is 1.68. The van der Waals surface area contributed by atoms with Crippen molar-refractivity contribution in [1.29, 1.82) is 0 Å². The Hall–Kier alpha value is 0.0200. The summed E-state index contributed by atoms with van der Waals surface area (Å²) in [5.41, 5.74) is 0. The smallest absolute Gasteiger partial charge is 0.0642 e. The molecule has 0 aromatic rings. The zero-order valence-corrected chi connectivity index (χ0v) is 5.88. The summed E-state index contributed by atoms with van der Waals surface area (Å²) in [4.78, 5) is 4.12. The molecule has 7 heavy (non-hydrogen) atoms. The molecule has 0 unspecified atom stereocenters. The van der Waals surface area contributed by atoms with Gasteiger partial charge in [-0.25, -0.2) is 0 Å². The summed E-state index contributed by atoms with van der Waals surface area (Å²) in [6, 6.07) is 0. The summed E-state index contributed by atoms with van der Waals surface area (Å²) in [5.74, 6) is 0. The molecular weight excluding hydrogens is 106 g/mol. The highest BCUT2D eigenvalue weighted by atomic mass is 32.2. The van der Waals surface area contributed by atoms with Crippen LogP contribution in [0.4, 0.5) is 0 Å². The highest BCUT2D eigenvalue weighted by Crippen LogP contribution is 1.94. The van der Waals surface area contributed by atoms with Crippen LogP contribution in [-0.2, 0) is 0 Å². The predicted molar refractivity (Wildman–Crippen MR) is 37.2 cm³/mol. The third-order valence-electron chi connectivity index (χ3n) is 0.676. The molecule has 0 saturated heterocycles. The molecule has 0 saturated carbocycles. The van der Waals surface area contributed by atoms with Gasteiger partial charge in [0.25, 0.3) is 0 Å². The minimum atomic E-state index is 0.909. The monoisotopic (exact) mass is 117 g/mol. The van der Waals surface area contributed by atoms with Crippen molar-refractivity contribution in [2.75, 3.05) is 12.8 Å². The first-order valence-corrected chi connectivity index (χ1v) is 3.58. The van der Waals surface area contributed by atoms with Crippen LogP contribution in [0.1, 0.15) is 13.8 Å². The highest BCUT2D eigenvalue weighted by molar-refractivity contribution is 8.13. The van der Waals surface area contributed by atoms with Gasteiger partial charge in [-0.05, 0) is 20.1 Å². The van der Waals surface area contributed by atoms with Gasteiger partial charge in [-0.15, -0.1) is 11.8 Å². The lowest BCUT2D eigenvalue weighted by Gasteiger charge is -1.87. The minimum absolute atomic E-state index is 0.909. The summed E-state index contributed by atoms with van der Waals surface area (Å²) in [7, 11) is 0. The van der Waals surface area contributed by atoms with Gasteiger partial charge < -0.3 is 0 Å². The zero-order chi connectivity index (χ0) is 5.70. The van der Waals surface area contributed by atoms with E-state index in [2.05, 4.69) is 4.99 Å². The standard InChI is InChI=1S/C5H11NS/c1-4-6-5(2)7-3/h4H2,1-3H3/b6-5+. The number of rotatable bonds is 1. The molecule has 0 heterocycles. The minimum Gasteiger partial charge on any atom is -0.284 e. The van der Waals surface area contributed by atoms with Crippen molar-refractivity contribution in [2.24, 2.45) is 4.99 Å². The molecule has 0 aliphatic heterocycles. The number of aliphatic imine (C=N–C) groups is 1. The third-order valence-corrected chi connectivity index (χ3v) is 1.40. The van der Waals surface area contributed by atoms with Gasteiger partial charge >= 0.3 is 0 Å². The summed E-state index contributed by atoms with van der Waals surface area (Å²) < 4.78 is 0. The van der Waals surface area contributed by atoms with Crippen LogP contribution in [0.3, 0.4) is 0 Å². The van der Waals surface area contributed by atoms with E-state index in [0.29, 0.717) is 0 Å². The van der Waals surface area contributed by atoms with E-state index in [9.17, 15) is 0 Å². The second kappa shape index (κ2) is 4.19. The van der Waals surface area contributed by atoms with E-state index < -0.39 is 0 Å². The molecule has 2 heteroatoms. The lowest BCUT2D eigenvalue weighted by Crippen LogP contribution is -1.80. The summed E-state index contributed by atoms with van der Waals surface area (Å²) in [5, 5.41) is 1.17. The van der Waals surface area contributed by atoms with E-state index in [1.165, 1.54) is 5.04 Å². The molecule has 0 atom stereocenters. The van der Waals surface area contributed by atoms with E-state index in [-0.39, 0.29) is 0 Å². The van der Waals surface area contributed by atoms with Crippen LogP contribution in [0.15, 0.2) is 4.99 Å². The van der Waals surface area contributed by atoms with E-state index in [4.69, 9.17) is 0 Å². The van der Waals surface area contributed by atoms with Gasteiger partial charge in [0.2, 0.25) is 0 Å². The van der Waals surface area contributed by atoms with Gasteiger partial charge in [-0.3, -0.25) is 4.99 Å². The van der Waals surface area contributed by atoms with Crippen molar-refractivity contribution in [3.05, 3.63) is 0 Å². The first kappa shape index (κ1) is 7.02. The van der Waals surface area contributed by atoms with E-state index in [1.54, 1.807) is 11.8 Å². The Morgan fingerprint density at radius 1 is 1.71 bits per heavy atom. The largest absolute Gasteiger partial charge is 0.284 e. The van der Waals surface area contributed by atoms with Crippen LogP contribution < -0.4 is 0 Å². The van der Waals surface area contributed by atoms with Gasteiger partial charge in [-0.1, -0.05) is 0 Å². The SMILES string of the molecule is CC/N=C(\C)SC. The van der Waals surface area contributed by atoms with E-state index >= 15 is 0 Å². The maximum atomic E-state index is 4.12. The molecule has 0 N–H and O–H groups in total. The molecule has 0 radical (unpaired) electrons. The van der Waals surface area contributed by atoms with Crippen molar-refractivity contribution in [2.45, 2.75) is 13.8 Å². The fourth-order valence-corrected chi connectivity index (χ4v) is 0.545. The predicted octanol–water partition coefficient (Wildman–Crippen LogP) is 1.79. The Kier molecular flexibility index (Phi) is 4.20. The Labute approximate surface area is 49.2 Å². The first-order valence-electron chi connectivity index (χ1n) is 2.36. The summed E-state index contributed by atoms with van der Waals surface area (Å²) >= 11 is 1.70. The fourth-order valence-electron chi connectivity index (χ4n) is 0.287. The van der Waals surface area contributed by atoms with Crippen molar-refractivity contribution in [3.63, 3.8) is 0 Å². The zero-order valence-electron chi connectivity index (χ0n) is 5.06. The molecule has 42 valence electrons. The van der Waals surface area contributed by atoms with Crippen molar-refractivity contribution in [1.82, 2.24) is 0 Å². The van der Waals surface area contributed by atoms with Gasteiger partial charge in [0.1, 0.15) is 0 Å². The van der Waals surface area contributed by atoms with Crippen molar-refractivity contribution in [3.8, 4) is 0 Å². The van der Waals surface area contributed by atoms with E-state index in [0.717, 1.165) is 6.54 Å². The van der Waals surface area contributed by atoms with Crippen molar-refractivity contribution >= 4 is 16.8 Å². The molecule has 0 rings (SSSR count). The number of nitrogens with zero attached hydrogens (tertiary/aromatic N) is 1. The lowest BCUT2D eigenvalue weighted by molar-refractivity contribution is 1.13. The molecule has 1 nitrogen and oxygen atoms in total. The molecule has 0 fully saturated rings. The Balaban J connectivity index is 3.29. The second-order valence-electron chi connectivity index (χ2n) is 1.20. The molecule has 0 aromatic carbocycles. The Morgan fingerprint density at radius 3 is 2.43 bits per heavy atom. The normalized spacial score (nSPS) is 12.1. The lowest BCUT2D eigenvalue weighted by atomic mass is 10.7. The topological polar surface area (TPSA) is 12.4 Å². The second-order valence-corrected chi connectivity index (χ2v) is 2.20. The molecule has 0 bridgehead atoms. The molecule has 0 aliphatic rings. The van der Waals surface area contributed by atoms with Crippen LogP contribution in [-0.4, -0.2) is 17.8 Å². The summed E-state index contributed by atoms with van der Waals surface area (Å²) in [6.07, 6.45) is 2.04. The van der Waals surface area contributed by atoms with Gasteiger partial charge in [0, 0.05) is 6.54 Å². The first-order chi connectivity index (χ1) is 3.31. The Bertz CT molecular complexity index is 68.5. The van der Waals surface area contributed by atoms with Crippen LogP contribution in [0.25, 0.3) is 0 Å². The van der Waals surface area contributed by atoms with Crippen LogP contribution in [0, 0.1) is 0 Å². The van der Waals surface area contributed by atoms with Crippen LogP contribution in [0.5, 0.6) is 0 Å². The Morgan fingerprint density at radius 2 is 2.29 bits per heavy atom. The number of hydrogen-bond acceptors (Lipinski definition) is 2.